The second kappa shape index (κ2) is 7.67. The van der Waals surface area contributed by atoms with Crippen molar-refractivity contribution in [2.24, 2.45) is 10.7 Å². The summed E-state index contributed by atoms with van der Waals surface area (Å²) in [6.07, 6.45) is 6.07. The molecule has 3 N–H and O–H groups in total. The number of benzene rings is 1. The molecule has 3 rings (SSSR count). The number of nitrogens with zero attached hydrogens (tertiary/aromatic N) is 2. The third kappa shape index (κ3) is 3.88. The van der Waals surface area contributed by atoms with E-state index in [-0.39, 0.29) is 5.41 Å². The van der Waals surface area contributed by atoms with Crippen molar-refractivity contribution in [3.63, 3.8) is 0 Å². The monoisotopic (exact) mass is 342 g/mol. The third-order valence-electron chi connectivity index (χ3n) is 4.72. The van der Waals surface area contributed by atoms with Crippen LogP contribution in [0.15, 0.2) is 53.7 Å². The minimum Gasteiger partial charge on any atom is -0.370 e. The molecule has 0 radical (unpaired) electrons. The summed E-state index contributed by atoms with van der Waals surface area (Å²) in [6, 6.07) is 14.0. The predicted molar refractivity (Wildman–Crippen MR) is 99.4 cm³/mol. The molecule has 0 amide bonds. The van der Waals surface area contributed by atoms with Gasteiger partial charge < -0.3 is 11.1 Å². The summed E-state index contributed by atoms with van der Waals surface area (Å²) in [5.41, 5.74) is 8.32. The number of hydrogen-bond acceptors (Lipinski definition) is 2. The molecule has 4 nitrogen and oxygen atoms in total. The van der Waals surface area contributed by atoms with Crippen LogP contribution in [0.5, 0.6) is 0 Å². The quantitative estimate of drug-likeness (QED) is 0.625. The number of nitrogens with one attached hydrogen (secondary N) is 1. The van der Waals surface area contributed by atoms with Crippen molar-refractivity contribution < 1.29 is 0 Å². The molecule has 1 fully saturated rings. The molecule has 126 valence electrons. The number of halogens is 1. The zero-order valence-electron chi connectivity index (χ0n) is 13.7. The van der Waals surface area contributed by atoms with E-state index in [2.05, 4.69) is 21.4 Å². The van der Waals surface area contributed by atoms with Crippen LogP contribution in [0.25, 0.3) is 0 Å². The molecule has 5 heteroatoms. The highest BCUT2D eigenvalue weighted by Crippen LogP contribution is 2.46. The van der Waals surface area contributed by atoms with Crippen molar-refractivity contribution in [1.29, 1.82) is 0 Å². The molecule has 1 aliphatic rings. The lowest BCUT2D eigenvalue weighted by atomic mass is 9.64. The Morgan fingerprint density at radius 1 is 1.21 bits per heavy atom. The van der Waals surface area contributed by atoms with Crippen LogP contribution >= 0.6 is 11.6 Å². The van der Waals surface area contributed by atoms with Gasteiger partial charge >= 0.3 is 0 Å². The van der Waals surface area contributed by atoms with Gasteiger partial charge in [-0.05, 0) is 36.6 Å². The van der Waals surface area contributed by atoms with Gasteiger partial charge in [-0.1, -0.05) is 42.3 Å². The zero-order chi connectivity index (χ0) is 16.8. The van der Waals surface area contributed by atoms with E-state index < -0.39 is 0 Å². The lowest BCUT2D eigenvalue weighted by Gasteiger charge is -2.41. The van der Waals surface area contributed by atoms with Crippen LogP contribution in [0, 0.1) is 0 Å². The normalized spacial score (nSPS) is 16.5. The molecule has 1 aliphatic carbocycles. The van der Waals surface area contributed by atoms with Gasteiger partial charge in [0.15, 0.2) is 5.96 Å². The maximum atomic E-state index is 6.39. The van der Waals surface area contributed by atoms with Crippen LogP contribution in [0.1, 0.15) is 30.5 Å². The second-order valence-electron chi connectivity index (χ2n) is 6.31. The number of rotatable bonds is 6. The fourth-order valence-electron chi connectivity index (χ4n) is 3.16. The first-order chi connectivity index (χ1) is 11.7. The average Bonchev–Trinajstić information content (AvgIpc) is 2.56. The Morgan fingerprint density at radius 3 is 2.67 bits per heavy atom. The molecule has 0 atom stereocenters. The van der Waals surface area contributed by atoms with E-state index in [1.807, 2.05) is 36.4 Å². The fraction of sp³-hybridized carbons (Fsp3) is 0.368. The number of aromatic nitrogens is 1. The Hall–Kier alpha value is -2.07. The molecule has 1 aromatic heterocycles. The minimum absolute atomic E-state index is 0.0473. The molecule has 24 heavy (non-hydrogen) atoms. The minimum atomic E-state index is 0.0473. The van der Waals surface area contributed by atoms with E-state index in [9.17, 15) is 0 Å². The summed E-state index contributed by atoms with van der Waals surface area (Å²) in [5.74, 6) is 0.490. The SMILES string of the molecule is NC(=NCC1(c2ccccc2Cl)CCC1)NCCc1ccccn1. The van der Waals surface area contributed by atoms with Crippen molar-refractivity contribution in [1.82, 2.24) is 10.3 Å². The van der Waals surface area contributed by atoms with E-state index in [1.165, 1.54) is 12.0 Å². The van der Waals surface area contributed by atoms with Gasteiger partial charge in [0.1, 0.15) is 0 Å². The highest BCUT2D eigenvalue weighted by atomic mass is 35.5. The molecule has 1 saturated carbocycles. The molecule has 0 bridgehead atoms. The Kier molecular flexibility index (Phi) is 5.36. The number of aliphatic imine (C=N–C) groups is 1. The van der Waals surface area contributed by atoms with Crippen LogP contribution in [0.2, 0.25) is 5.02 Å². The van der Waals surface area contributed by atoms with E-state index in [1.54, 1.807) is 6.20 Å². The third-order valence-corrected chi connectivity index (χ3v) is 5.05. The summed E-state index contributed by atoms with van der Waals surface area (Å²) < 4.78 is 0. The summed E-state index contributed by atoms with van der Waals surface area (Å²) in [5, 5.41) is 4.00. The number of hydrogen-bond donors (Lipinski definition) is 2. The van der Waals surface area contributed by atoms with Gasteiger partial charge in [-0.2, -0.15) is 0 Å². The van der Waals surface area contributed by atoms with Crippen molar-refractivity contribution in [2.75, 3.05) is 13.1 Å². The van der Waals surface area contributed by atoms with Gasteiger partial charge in [0, 0.05) is 35.3 Å². The average molecular weight is 343 g/mol. The first kappa shape index (κ1) is 16.8. The number of pyridine rings is 1. The van der Waals surface area contributed by atoms with Crippen LogP contribution in [0.3, 0.4) is 0 Å². The number of nitrogens with two attached hydrogens (primary N) is 1. The summed E-state index contributed by atoms with van der Waals surface area (Å²) >= 11 is 6.39. The molecule has 0 spiro atoms. The maximum absolute atomic E-state index is 6.39. The molecule has 1 aromatic carbocycles. The van der Waals surface area contributed by atoms with Crippen molar-refractivity contribution >= 4 is 17.6 Å². The highest BCUT2D eigenvalue weighted by molar-refractivity contribution is 6.31. The Bertz CT molecular complexity index is 696. The van der Waals surface area contributed by atoms with Gasteiger partial charge in [0.05, 0.1) is 6.54 Å². The number of guanidine groups is 1. The van der Waals surface area contributed by atoms with Crippen LogP contribution in [-0.4, -0.2) is 24.0 Å². The lowest BCUT2D eigenvalue weighted by molar-refractivity contribution is 0.253. The van der Waals surface area contributed by atoms with Crippen LogP contribution < -0.4 is 11.1 Å². The first-order valence-corrected chi connectivity index (χ1v) is 8.76. The van der Waals surface area contributed by atoms with Gasteiger partial charge in [0.2, 0.25) is 0 Å². The lowest BCUT2D eigenvalue weighted by Crippen LogP contribution is -2.40. The Morgan fingerprint density at radius 2 is 2.00 bits per heavy atom. The predicted octanol–water partition coefficient (Wildman–Crippen LogP) is 3.30. The standard InChI is InChI=1S/C19H23ClN4/c20-17-8-2-1-7-16(17)19(10-5-11-19)14-24-18(21)23-13-9-15-6-3-4-12-22-15/h1-4,6-8,12H,5,9-11,13-14H2,(H3,21,23,24). The first-order valence-electron chi connectivity index (χ1n) is 8.38. The topological polar surface area (TPSA) is 63.3 Å². The van der Waals surface area contributed by atoms with Crippen molar-refractivity contribution in [3.05, 3.63) is 64.9 Å². The van der Waals surface area contributed by atoms with Crippen molar-refractivity contribution in [3.8, 4) is 0 Å². The molecule has 1 heterocycles. The molecule has 0 saturated heterocycles. The molecular formula is C19H23ClN4. The van der Waals surface area contributed by atoms with Crippen molar-refractivity contribution in [2.45, 2.75) is 31.1 Å². The Labute approximate surface area is 148 Å². The van der Waals surface area contributed by atoms with Gasteiger partial charge in [0.25, 0.3) is 0 Å². The fourth-order valence-corrected chi connectivity index (χ4v) is 3.50. The zero-order valence-corrected chi connectivity index (χ0v) is 14.5. The van der Waals surface area contributed by atoms with Gasteiger partial charge in [-0.15, -0.1) is 0 Å². The van der Waals surface area contributed by atoms with Crippen LogP contribution in [-0.2, 0) is 11.8 Å². The maximum Gasteiger partial charge on any atom is 0.188 e. The van der Waals surface area contributed by atoms with E-state index in [0.29, 0.717) is 12.5 Å². The van der Waals surface area contributed by atoms with E-state index in [4.69, 9.17) is 17.3 Å². The smallest absolute Gasteiger partial charge is 0.188 e. The molecule has 0 unspecified atom stereocenters. The van der Waals surface area contributed by atoms with E-state index in [0.717, 1.165) is 36.5 Å². The molecule has 0 aliphatic heterocycles. The second-order valence-corrected chi connectivity index (χ2v) is 6.72. The largest absolute Gasteiger partial charge is 0.370 e. The summed E-state index contributed by atoms with van der Waals surface area (Å²) in [7, 11) is 0. The molecule has 2 aromatic rings. The Balaban J connectivity index is 1.56. The summed E-state index contributed by atoms with van der Waals surface area (Å²) in [4.78, 5) is 8.87. The van der Waals surface area contributed by atoms with Gasteiger partial charge in [-0.25, -0.2) is 0 Å². The molecular weight excluding hydrogens is 320 g/mol. The highest BCUT2D eigenvalue weighted by Gasteiger charge is 2.39. The van der Waals surface area contributed by atoms with Crippen LogP contribution in [0.4, 0.5) is 0 Å². The summed E-state index contributed by atoms with van der Waals surface area (Å²) in [6.45, 7) is 1.41. The van der Waals surface area contributed by atoms with E-state index >= 15 is 0 Å². The van der Waals surface area contributed by atoms with Gasteiger partial charge in [-0.3, -0.25) is 9.98 Å².